The predicted molar refractivity (Wildman–Crippen MR) is 118 cm³/mol. The van der Waals surface area contributed by atoms with E-state index in [1.54, 1.807) is 20.3 Å². The summed E-state index contributed by atoms with van der Waals surface area (Å²) in [7, 11) is 3.29. The van der Waals surface area contributed by atoms with Crippen molar-refractivity contribution < 1.29 is 14.6 Å². The molecule has 1 N–H and O–H groups in total. The lowest BCUT2D eigenvalue weighted by Gasteiger charge is -2.26. The van der Waals surface area contributed by atoms with E-state index < -0.39 is 0 Å². The second kappa shape index (κ2) is 8.97. The lowest BCUT2D eigenvalue weighted by Crippen LogP contribution is -2.24. The Hall–Kier alpha value is -3.72. The minimum Gasteiger partial charge on any atom is -0.506 e. The number of pyridine rings is 1. The van der Waals surface area contributed by atoms with Crippen LogP contribution in [-0.4, -0.2) is 24.3 Å². The Bertz CT molecular complexity index is 1040. The molecular formula is C25H25N3O3. The molecule has 0 amide bonds. The van der Waals surface area contributed by atoms with Crippen molar-refractivity contribution >= 4 is 5.82 Å². The summed E-state index contributed by atoms with van der Waals surface area (Å²) in [5, 5.41) is 20.1. The summed E-state index contributed by atoms with van der Waals surface area (Å²) in [6, 6.07) is 19.5. The molecular weight excluding hydrogens is 390 g/mol. The van der Waals surface area contributed by atoms with Crippen LogP contribution in [0.25, 0.3) is 0 Å². The third kappa shape index (κ3) is 4.72. The SMILES string of the molecule is COc1ccc(CN(Cc2ccc(OC)cc2)c2nc(C3CC3)c(O)cc2C#N)cc1. The number of aromatic nitrogens is 1. The number of methoxy groups -OCH3 is 2. The molecule has 0 aliphatic heterocycles. The van der Waals surface area contributed by atoms with Crippen LogP contribution in [0.4, 0.5) is 5.82 Å². The van der Waals surface area contributed by atoms with Crippen LogP contribution >= 0.6 is 0 Å². The summed E-state index contributed by atoms with van der Waals surface area (Å²) in [5.74, 6) is 2.56. The number of ether oxygens (including phenoxy) is 2. The molecule has 0 spiro atoms. The second-order valence-corrected chi connectivity index (χ2v) is 7.70. The molecule has 1 saturated carbocycles. The quantitative estimate of drug-likeness (QED) is 0.571. The lowest BCUT2D eigenvalue weighted by atomic mass is 10.1. The van der Waals surface area contributed by atoms with Crippen molar-refractivity contribution in [2.24, 2.45) is 0 Å². The molecule has 0 unspecified atom stereocenters. The van der Waals surface area contributed by atoms with Gasteiger partial charge in [-0.15, -0.1) is 0 Å². The minimum atomic E-state index is 0.108. The van der Waals surface area contributed by atoms with E-state index in [0.717, 1.165) is 35.5 Å². The van der Waals surface area contributed by atoms with Gasteiger partial charge in [-0.25, -0.2) is 4.98 Å². The average molecular weight is 415 g/mol. The van der Waals surface area contributed by atoms with Crippen molar-refractivity contribution in [3.63, 3.8) is 0 Å². The Morgan fingerprint density at radius 3 is 1.90 bits per heavy atom. The summed E-state index contributed by atoms with van der Waals surface area (Å²) >= 11 is 0. The van der Waals surface area contributed by atoms with Crippen LogP contribution in [-0.2, 0) is 13.1 Å². The van der Waals surface area contributed by atoms with E-state index in [1.165, 1.54) is 0 Å². The Labute approximate surface area is 182 Å². The standard InChI is InChI=1S/C25H25N3O3/c1-30-21-9-3-17(4-10-21)15-28(16-18-5-11-22(31-2)12-6-18)25-20(14-26)13-23(29)24(27-25)19-7-8-19/h3-6,9-13,19,29H,7-8,15-16H2,1-2H3. The van der Waals surface area contributed by atoms with Gasteiger partial charge in [-0.1, -0.05) is 24.3 Å². The monoisotopic (exact) mass is 415 g/mol. The highest BCUT2D eigenvalue weighted by Gasteiger charge is 2.30. The molecule has 1 heterocycles. The Morgan fingerprint density at radius 1 is 0.968 bits per heavy atom. The van der Waals surface area contributed by atoms with Gasteiger partial charge in [0.15, 0.2) is 0 Å². The molecule has 1 fully saturated rings. The number of nitrogens with zero attached hydrogens (tertiary/aromatic N) is 3. The largest absolute Gasteiger partial charge is 0.506 e. The highest BCUT2D eigenvalue weighted by molar-refractivity contribution is 5.59. The molecule has 2 aromatic carbocycles. The fourth-order valence-corrected chi connectivity index (χ4v) is 3.60. The maximum absolute atomic E-state index is 10.4. The van der Waals surface area contributed by atoms with Gasteiger partial charge in [0.2, 0.25) is 0 Å². The summed E-state index contributed by atoms with van der Waals surface area (Å²) < 4.78 is 10.5. The van der Waals surface area contributed by atoms with Crippen LogP contribution < -0.4 is 14.4 Å². The van der Waals surface area contributed by atoms with Crippen molar-refractivity contribution in [1.29, 1.82) is 5.26 Å². The van der Waals surface area contributed by atoms with Crippen LogP contribution in [0.2, 0.25) is 0 Å². The lowest BCUT2D eigenvalue weighted by molar-refractivity contribution is 0.414. The molecule has 3 aromatic rings. The zero-order chi connectivity index (χ0) is 21.8. The van der Waals surface area contributed by atoms with Crippen LogP contribution in [0.15, 0.2) is 54.6 Å². The highest BCUT2D eigenvalue weighted by atomic mass is 16.5. The van der Waals surface area contributed by atoms with E-state index in [9.17, 15) is 10.4 Å². The average Bonchev–Trinajstić information content (AvgIpc) is 3.64. The Kier molecular flexibility index (Phi) is 5.94. The molecule has 1 aliphatic rings. The summed E-state index contributed by atoms with van der Waals surface area (Å²) in [6.45, 7) is 1.12. The number of benzene rings is 2. The smallest absolute Gasteiger partial charge is 0.147 e. The van der Waals surface area contributed by atoms with Gasteiger partial charge in [0.1, 0.15) is 29.1 Å². The number of aromatic hydroxyl groups is 1. The molecule has 158 valence electrons. The zero-order valence-corrected chi connectivity index (χ0v) is 17.7. The third-order valence-corrected chi connectivity index (χ3v) is 5.46. The van der Waals surface area contributed by atoms with Gasteiger partial charge in [-0.05, 0) is 48.2 Å². The molecule has 4 rings (SSSR count). The van der Waals surface area contributed by atoms with Crippen LogP contribution in [0, 0.1) is 11.3 Å². The number of hydrogen-bond acceptors (Lipinski definition) is 6. The van der Waals surface area contributed by atoms with E-state index in [4.69, 9.17) is 14.5 Å². The van der Waals surface area contributed by atoms with Crippen molar-refractivity contribution in [2.45, 2.75) is 31.8 Å². The van der Waals surface area contributed by atoms with E-state index >= 15 is 0 Å². The molecule has 31 heavy (non-hydrogen) atoms. The Balaban J connectivity index is 1.71. The van der Waals surface area contributed by atoms with E-state index in [-0.39, 0.29) is 11.7 Å². The maximum Gasteiger partial charge on any atom is 0.147 e. The van der Waals surface area contributed by atoms with Crippen molar-refractivity contribution in [2.75, 3.05) is 19.1 Å². The normalized spacial score (nSPS) is 12.8. The molecule has 0 bridgehead atoms. The van der Waals surface area contributed by atoms with Crippen molar-refractivity contribution in [3.05, 3.63) is 77.0 Å². The van der Waals surface area contributed by atoms with Gasteiger partial charge in [0.25, 0.3) is 0 Å². The number of hydrogen-bond donors (Lipinski definition) is 1. The first-order valence-corrected chi connectivity index (χ1v) is 10.3. The van der Waals surface area contributed by atoms with Crippen LogP contribution in [0.5, 0.6) is 17.2 Å². The van der Waals surface area contributed by atoms with Crippen molar-refractivity contribution in [3.8, 4) is 23.3 Å². The molecule has 0 saturated heterocycles. The maximum atomic E-state index is 10.4. The number of rotatable bonds is 8. The summed E-state index contributed by atoms with van der Waals surface area (Å²) in [4.78, 5) is 6.85. The molecule has 6 nitrogen and oxygen atoms in total. The summed E-state index contributed by atoms with van der Waals surface area (Å²) in [6.07, 6.45) is 2.03. The Morgan fingerprint density at radius 2 is 1.48 bits per heavy atom. The number of anilines is 1. The summed E-state index contributed by atoms with van der Waals surface area (Å²) in [5.41, 5.74) is 3.19. The molecule has 0 atom stereocenters. The van der Waals surface area contributed by atoms with Crippen LogP contribution in [0.3, 0.4) is 0 Å². The minimum absolute atomic E-state index is 0.108. The fourth-order valence-electron chi connectivity index (χ4n) is 3.60. The van der Waals surface area contributed by atoms with Crippen LogP contribution in [0.1, 0.15) is 41.1 Å². The van der Waals surface area contributed by atoms with Crippen molar-refractivity contribution in [1.82, 2.24) is 4.98 Å². The van der Waals surface area contributed by atoms with Gasteiger partial charge < -0.3 is 19.5 Å². The first-order chi connectivity index (χ1) is 15.1. The van der Waals surface area contributed by atoms with Gasteiger partial charge >= 0.3 is 0 Å². The number of nitriles is 1. The van der Waals surface area contributed by atoms with E-state index in [0.29, 0.717) is 30.2 Å². The molecule has 6 heteroatoms. The molecule has 1 aliphatic carbocycles. The van der Waals surface area contributed by atoms with Gasteiger partial charge in [0, 0.05) is 25.1 Å². The third-order valence-electron chi connectivity index (χ3n) is 5.46. The van der Waals surface area contributed by atoms with Gasteiger partial charge in [-0.3, -0.25) is 0 Å². The van der Waals surface area contributed by atoms with Gasteiger partial charge in [-0.2, -0.15) is 5.26 Å². The first-order valence-electron chi connectivity index (χ1n) is 10.3. The highest BCUT2D eigenvalue weighted by Crippen LogP contribution is 2.44. The molecule has 0 radical (unpaired) electrons. The second-order valence-electron chi connectivity index (χ2n) is 7.70. The van der Waals surface area contributed by atoms with E-state index in [2.05, 4.69) is 11.0 Å². The fraction of sp³-hybridized carbons (Fsp3) is 0.280. The zero-order valence-electron chi connectivity index (χ0n) is 17.7. The van der Waals surface area contributed by atoms with Gasteiger partial charge in [0.05, 0.1) is 25.5 Å². The predicted octanol–water partition coefficient (Wildman–Crippen LogP) is 4.76. The molecule has 1 aromatic heterocycles. The first kappa shape index (κ1) is 20.5. The topological polar surface area (TPSA) is 78.6 Å². The van der Waals surface area contributed by atoms with E-state index in [1.807, 2.05) is 48.5 Å².